The van der Waals surface area contributed by atoms with E-state index in [1.165, 1.54) is 4.90 Å². The van der Waals surface area contributed by atoms with Gasteiger partial charge in [-0.15, -0.1) is 0 Å². The minimum atomic E-state index is -0.232. The SMILES string of the molecule is CCNC(=O)N(CC)c1cc(Oc2ccc(NC(=S)NC(=O)Cc3ccccc3)c(Cl)c2)ccn1. The van der Waals surface area contributed by atoms with Gasteiger partial charge < -0.3 is 20.7 Å². The van der Waals surface area contributed by atoms with Crippen molar-refractivity contribution in [2.75, 3.05) is 23.3 Å². The van der Waals surface area contributed by atoms with Crippen molar-refractivity contribution >= 4 is 52.4 Å². The van der Waals surface area contributed by atoms with Gasteiger partial charge in [-0.3, -0.25) is 9.69 Å². The smallest absolute Gasteiger partial charge is 0.323 e. The zero-order valence-electron chi connectivity index (χ0n) is 19.4. The molecule has 8 nitrogen and oxygen atoms in total. The summed E-state index contributed by atoms with van der Waals surface area (Å²) in [6.07, 6.45) is 1.79. The molecular formula is C25H26ClN5O3S. The van der Waals surface area contributed by atoms with Crippen LogP contribution in [0.1, 0.15) is 19.4 Å². The van der Waals surface area contributed by atoms with E-state index in [1.807, 2.05) is 44.2 Å². The predicted octanol–water partition coefficient (Wildman–Crippen LogP) is 5.14. The van der Waals surface area contributed by atoms with Crippen LogP contribution in [0, 0.1) is 0 Å². The minimum absolute atomic E-state index is 0.144. The molecule has 10 heteroatoms. The van der Waals surface area contributed by atoms with Crippen LogP contribution in [0.5, 0.6) is 11.5 Å². The van der Waals surface area contributed by atoms with Gasteiger partial charge >= 0.3 is 6.03 Å². The number of aromatic nitrogens is 1. The van der Waals surface area contributed by atoms with Gasteiger partial charge in [-0.2, -0.15) is 0 Å². The molecule has 0 atom stereocenters. The van der Waals surface area contributed by atoms with Crippen LogP contribution in [0.3, 0.4) is 0 Å². The molecule has 0 aliphatic carbocycles. The lowest BCUT2D eigenvalue weighted by atomic mass is 10.1. The van der Waals surface area contributed by atoms with E-state index < -0.39 is 0 Å². The molecule has 3 amide bonds. The van der Waals surface area contributed by atoms with Crippen molar-refractivity contribution in [3.8, 4) is 11.5 Å². The Hall–Kier alpha value is -3.69. The van der Waals surface area contributed by atoms with Crippen LogP contribution in [-0.2, 0) is 11.2 Å². The number of nitrogens with one attached hydrogen (secondary N) is 3. The Kier molecular flexibility index (Phi) is 9.39. The molecule has 3 rings (SSSR count). The molecule has 3 aromatic rings. The summed E-state index contributed by atoms with van der Waals surface area (Å²) >= 11 is 11.6. The third kappa shape index (κ3) is 7.66. The number of benzene rings is 2. The summed E-state index contributed by atoms with van der Waals surface area (Å²) in [6, 6.07) is 17.5. The van der Waals surface area contributed by atoms with Gasteiger partial charge in [-0.1, -0.05) is 41.9 Å². The van der Waals surface area contributed by atoms with Crippen LogP contribution in [-0.4, -0.2) is 35.1 Å². The number of urea groups is 1. The highest BCUT2D eigenvalue weighted by atomic mass is 35.5. The van der Waals surface area contributed by atoms with Gasteiger partial charge in [0.1, 0.15) is 17.3 Å². The Morgan fingerprint density at radius 1 is 1.06 bits per heavy atom. The second-order valence-electron chi connectivity index (χ2n) is 7.34. The molecule has 0 aliphatic heterocycles. The fraction of sp³-hybridized carbons (Fsp3) is 0.200. The number of carbonyl (C=O) groups excluding carboxylic acids is 2. The van der Waals surface area contributed by atoms with Gasteiger partial charge in [-0.05, 0) is 49.8 Å². The van der Waals surface area contributed by atoms with Crippen molar-refractivity contribution in [3.63, 3.8) is 0 Å². The molecule has 1 aromatic heterocycles. The van der Waals surface area contributed by atoms with Crippen molar-refractivity contribution in [2.24, 2.45) is 0 Å². The van der Waals surface area contributed by atoms with Crippen LogP contribution >= 0.6 is 23.8 Å². The summed E-state index contributed by atoms with van der Waals surface area (Å²) < 4.78 is 5.91. The van der Waals surface area contributed by atoms with E-state index in [9.17, 15) is 9.59 Å². The van der Waals surface area contributed by atoms with Crippen LogP contribution in [0.15, 0.2) is 66.9 Å². The van der Waals surface area contributed by atoms with E-state index in [0.29, 0.717) is 41.1 Å². The number of nitrogens with zero attached hydrogens (tertiary/aromatic N) is 2. The molecule has 0 fully saturated rings. The zero-order chi connectivity index (χ0) is 25.2. The number of hydrogen-bond acceptors (Lipinski definition) is 5. The van der Waals surface area contributed by atoms with Gasteiger partial charge in [0.05, 0.1) is 17.1 Å². The quantitative estimate of drug-likeness (QED) is 0.362. The topological polar surface area (TPSA) is 95.6 Å². The molecule has 0 aliphatic rings. The van der Waals surface area contributed by atoms with E-state index in [2.05, 4.69) is 20.9 Å². The first kappa shape index (κ1) is 25.9. The molecule has 0 saturated carbocycles. The molecule has 1 heterocycles. The zero-order valence-corrected chi connectivity index (χ0v) is 20.9. The molecule has 0 saturated heterocycles. The summed E-state index contributed by atoms with van der Waals surface area (Å²) in [6.45, 7) is 4.69. The maximum absolute atomic E-state index is 12.2. The molecule has 0 spiro atoms. The summed E-state index contributed by atoms with van der Waals surface area (Å²) in [5.41, 5.74) is 1.41. The average Bonchev–Trinajstić information content (AvgIpc) is 2.82. The number of thiocarbonyl (C=S) groups is 1. The number of halogens is 1. The van der Waals surface area contributed by atoms with Crippen LogP contribution in [0.25, 0.3) is 0 Å². The number of ether oxygens (including phenoxy) is 1. The van der Waals surface area contributed by atoms with Crippen LogP contribution < -0.4 is 25.6 Å². The molecule has 0 bridgehead atoms. The number of hydrogen-bond donors (Lipinski definition) is 3. The summed E-state index contributed by atoms with van der Waals surface area (Å²) in [4.78, 5) is 30.2. The van der Waals surface area contributed by atoms with Gasteiger partial charge in [0.25, 0.3) is 0 Å². The van der Waals surface area contributed by atoms with Crippen molar-refractivity contribution in [2.45, 2.75) is 20.3 Å². The molecule has 0 radical (unpaired) electrons. The Morgan fingerprint density at radius 3 is 2.49 bits per heavy atom. The number of rotatable bonds is 8. The largest absolute Gasteiger partial charge is 0.457 e. The van der Waals surface area contributed by atoms with Crippen molar-refractivity contribution in [1.29, 1.82) is 0 Å². The Bertz CT molecular complexity index is 1190. The Labute approximate surface area is 214 Å². The number of carbonyl (C=O) groups is 2. The highest BCUT2D eigenvalue weighted by molar-refractivity contribution is 7.80. The van der Waals surface area contributed by atoms with E-state index in [-0.39, 0.29) is 23.5 Å². The maximum atomic E-state index is 12.2. The lowest BCUT2D eigenvalue weighted by molar-refractivity contribution is -0.119. The predicted molar refractivity (Wildman–Crippen MR) is 142 cm³/mol. The van der Waals surface area contributed by atoms with E-state index in [4.69, 9.17) is 28.6 Å². The monoisotopic (exact) mass is 511 g/mol. The molecule has 3 N–H and O–H groups in total. The fourth-order valence-corrected chi connectivity index (χ4v) is 3.61. The van der Waals surface area contributed by atoms with Crippen molar-refractivity contribution in [1.82, 2.24) is 15.6 Å². The lowest BCUT2D eigenvalue weighted by Gasteiger charge is -2.20. The number of anilines is 2. The standard InChI is InChI=1S/C25H26ClN5O3S/c1-3-27-25(33)31(4-2)22-16-19(12-13-28-22)34-18-10-11-21(20(26)15-18)29-24(35)30-23(32)14-17-8-6-5-7-9-17/h5-13,15-16H,3-4,14H2,1-2H3,(H,27,33)(H2,29,30,32,35). The summed E-state index contributed by atoms with van der Waals surface area (Å²) in [5, 5.41) is 8.83. The molecular weight excluding hydrogens is 486 g/mol. The van der Waals surface area contributed by atoms with Crippen molar-refractivity contribution < 1.29 is 14.3 Å². The normalized spacial score (nSPS) is 10.3. The highest BCUT2D eigenvalue weighted by Gasteiger charge is 2.15. The van der Waals surface area contributed by atoms with Crippen molar-refractivity contribution in [3.05, 3.63) is 77.4 Å². The van der Waals surface area contributed by atoms with E-state index in [0.717, 1.165) is 5.56 Å². The molecule has 182 valence electrons. The summed E-state index contributed by atoms with van der Waals surface area (Å²) in [5.74, 6) is 1.22. The average molecular weight is 512 g/mol. The van der Waals surface area contributed by atoms with Gasteiger partial charge in [-0.25, -0.2) is 9.78 Å². The number of amides is 3. The highest BCUT2D eigenvalue weighted by Crippen LogP contribution is 2.30. The van der Waals surface area contributed by atoms with E-state index >= 15 is 0 Å². The number of pyridine rings is 1. The molecule has 0 unspecified atom stereocenters. The minimum Gasteiger partial charge on any atom is -0.457 e. The first-order valence-electron chi connectivity index (χ1n) is 11.0. The first-order valence-corrected chi connectivity index (χ1v) is 11.8. The fourth-order valence-electron chi connectivity index (χ4n) is 3.17. The third-order valence-electron chi connectivity index (χ3n) is 4.77. The van der Waals surface area contributed by atoms with Crippen LogP contribution in [0.2, 0.25) is 5.02 Å². The molecule has 35 heavy (non-hydrogen) atoms. The van der Waals surface area contributed by atoms with E-state index in [1.54, 1.807) is 36.5 Å². The van der Waals surface area contributed by atoms with Gasteiger partial charge in [0.2, 0.25) is 5.91 Å². The maximum Gasteiger partial charge on any atom is 0.323 e. The van der Waals surface area contributed by atoms with Gasteiger partial charge in [0.15, 0.2) is 5.11 Å². The first-order chi connectivity index (χ1) is 16.9. The second kappa shape index (κ2) is 12.7. The second-order valence-corrected chi connectivity index (χ2v) is 8.15. The Morgan fingerprint density at radius 2 is 1.80 bits per heavy atom. The lowest BCUT2D eigenvalue weighted by Crippen LogP contribution is -2.40. The summed E-state index contributed by atoms with van der Waals surface area (Å²) in [7, 11) is 0. The molecule has 2 aromatic carbocycles. The Balaban J connectivity index is 1.61. The van der Waals surface area contributed by atoms with Crippen LogP contribution in [0.4, 0.5) is 16.3 Å². The third-order valence-corrected chi connectivity index (χ3v) is 5.28. The van der Waals surface area contributed by atoms with Gasteiger partial charge in [0, 0.05) is 31.4 Å².